The number of benzene rings is 1. The summed E-state index contributed by atoms with van der Waals surface area (Å²) in [6, 6.07) is 8.07. The van der Waals surface area contributed by atoms with E-state index in [2.05, 4.69) is 21.8 Å². The van der Waals surface area contributed by atoms with Crippen molar-refractivity contribution in [3.8, 4) is 0 Å². The Morgan fingerprint density at radius 3 is 3.11 bits per heavy atom. The van der Waals surface area contributed by atoms with Gasteiger partial charge in [0.2, 0.25) is 5.95 Å². The number of imidazole rings is 1. The maximum atomic E-state index is 4.71. The molecule has 0 unspecified atom stereocenters. The van der Waals surface area contributed by atoms with Gasteiger partial charge in [0.25, 0.3) is 0 Å². The van der Waals surface area contributed by atoms with E-state index in [4.69, 9.17) is 4.99 Å². The molecule has 0 bridgehead atoms. The summed E-state index contributed by atoms with van der Waals surface area (Å²) in [5.41, 5.74) is 2.04. The normalized spacial score (nSPS) is 17.7. The summed E-state index contributed by atoms with van der Waals surface area (Å²) in [5.74, 6) is 1.92. The van der Waals surface area contributed by atoms with Crippen LogP contribution in [0.25, 0.3) is 11.0 Å². The average Bonchev–Trinajstić information content (AvgIpc) is 3.02. The van der Waals surface area contributed by atoms with Crippen LogP contribution in [0.5, 0.6) is 0 Å². The van der Waals surface area contributed by atoms with Crippen molar-refractivity contribution < 1.29 is 0 Å². The zero-order chi connectivity index (χ0) is 13.1. The number of hydrogen-bond donors (Lipinski definition) is 1. The van der Waals surface area contributed by atoms with E-state index in [1.165, 1.54) is 25.1 Å². The van der Waals surface area contributed by atoms with E-state index in [9.17, 15) is 0 Å². The van der Waals surface area contributed by atoms with E-state index in [0.29, 0.717) is 0 Å². The maximum Gasteiger partial charge on any atom is 0.229 e. The lowest BCUT2D eigenvalue weighted by Crippen LogP contribution is -2.25. The van der Waals surface area contributed by atoms with Gasteiger partial charge in [-0.1, -0.05) is 25.5 Å². The summed E-state index contributed by atoms with van der Waals surface area (Å²) in [4.78, 5) is 14.9. The van der Waals surface area contributed by atoms with E-state index in [-0.39, 0.29) is 0 Å². The number of nitrogens with zero attached hydrogens (tertiary/aromatic N) is 3. The molecule has 0 radical (unpaired) electrons. The largest absolute Gasteiger partial charge is 0.360 e. The standard InChI is InChI=1S/C15H20N4/c1-2-3-10-19-11-6-9-14(19)18-15-16-12-7-4-5-8-13(12)17-15/h4-5,7-8H,2-3,6,9-11H2,1H3,(H,16,17)/b18-14+. The van der Waals surface area contributed by atoms with Crippen LogP contribution < -0.4 is 0 Å². The Morgan fingerprint density at radius 2 is 2.26 bits per heavy atom. The van der Waals surface area contributed by atoms with Crippen molar-refractivity contribution in [1.29, 1.82) is 0 Å². The van der Waals surface area contributed by atoms with Crippen LogP contribution in [0.2, 0.25) is 0 Å². The molecule has 1 N–H and O–H groups in total. The van der Waals surface area contributed by atoms with Gasteiger partial charge in [0, 0.05) is 19.5 Å². The molecule has 0 spiro atoms. The molecular weight excluding hydrogens is 236 g/mol. The van der Waals surface area contributed by atoms with Gasteiger partial charge in [-0.2, -0.15) is 4.99 Å². The summed E-state index contributed by atoms with van der Waals surface area (Å²) in [6.07, 6.45) is 4.75. The SMILES string of the molecule is CCCCN1CCC/C1=N\c1nc2ccccc2[nH]1. The lowest BCUT2D eigenvalue weighted by atomic mass is 10.3. The van der Waals surface area contributed by atoms with Crippen molar-refractivity contribution in [2.24, 2.45) is 4.99 Å². The van der Waals surface area contributed by atoms with Crippen molar-refractivity contribution in [1.82, 2.24) is 14.9 Å². The third-order valence-corrected chi connectivity index (χ3v) is 3.59. The van der Waals surface area contributed by atoms with Crippen LogP contribution >= 0.6 is 0 Å². The number of aromatic nitrogens is 2. The molecule has 1 aliphatic heterocycles. The molecule has 4 nitrogen and oxygen atoms in total. The molecule has 1 aromatic carbocycles. The number of rotatable bonds is 4. The fourth-order valence-corrected chi connectivity index (χ4v) is 2.55. The topological polar surface area (TPSA) is 44.3 Å². The summed E-state index contributed by atoms with van der Waals surface area (Å²) < 4.78 is 0. The Labute approximate surface area is 113 Å². The number of aromatic amines is 1. The molecule has 1 fully saturated rings. The predicted molar refractivity (Wildman–Crippen MR) is 78.9 cm³/mol. The maximum absolute atomic E-state index is 4.71. The van der Waals surface area contributed by atoms with Gasteiger partial charge in [-0.15, -0.1) is 0 Å². The molecule has 2 heterocycles. The van der Waals surface area contributed by atoms with Gasteiger partial charge in [0.05, 0.1) is 11.0 Å². The van der Waals surface area contributed by atoms with Crippen molar-refractivity contribution in [3.63, 3.8) is 0 Å². The fraction of sp³-hybridized carbons (Fsp3) is 0.467. The first-order chi connectivity index (χ1) is 9.36. The Morgan fingerprint density at radius 1 is 1.37 bits per heavy atom. The van der Waals surface area contributed by atoms with Crippen LogP contribution in [0.1, 0.15) is 32.6 Å². The fourth-order valence-electron chi connectivity index (χ4n) is 2.55. The molecular formula is C15H20N4. The number of amidine groups is 1. The molecule has 1 aliphatic rings. The zero-order valence-electron chi connectivity index (χ0n) is 11.4. The highest BCUT2D eigenvalue weighted by Gasteiger charge is 2.18. The minimum atomic E-state index is 0.736. The van der Waals surface area contributed by atoms with Gasteiger partial charge < -0.3 is 9.88 Å². The first-order valence-electron chi connectivity index (χ1n) is 7.14. The van der Waals surface area contributed by atoms with Crippen molar-refractivity contribution in [3.05, 3.63) is 24.3 Å². The van der Waals surface area contributed by atoms with Gasteiger partial charge in [-0.05, 0) is 25.0 Å². The Hall–Kier alpha value is -1.84. The zero-order valence-corrected chi connectivity index (χ0v) is 11.4. The molecule has 0 atom stereocenters. The van der Waals surface area contributed by atoms with E-state index < -0.39 is 0 Å². The summed E-state index contributed by atoms with van der Waals surface area (Å²) in [6.45, 7) is 4.49. The average molecular weight is 256 g/mol. The van der Waals surface area contributed by atoms with Gasteiger partial charge in [0.15, 0.2) is 0 Å². The van der Waals surface area contributed by atoms with Crippen molar-refractivity contribution in [2.45, 2.75) is 32.6 Å². The number of hydrogen-bond acceptors (Lipinski definition) is 2. The molecule has 19 heavy (non-hydrogen) atoms. The molecule has 0 saturated carbocycles. The van der Waals surface area contributed by atoms with E-state index in [0.717, 1.165) is 36.5 Å². The van der Waals surface area contributed by atoms with Gasteiger partial charge in [-0.25, -0.2) is 4.98 Å². The number of para-hydroxylation sites is 2. The highest BCUT2D eigenvalue weighted by Crippen LogP contribution is 2.19. The predicted octanol–water partition coefficient (Wildman–Crippen LogP) is 3.49. The number of nitrogens with one attached hydrogen (secondary N) is 1. The number of aliphatic imine (C=N–C) groups is 1. The quantitative estimate of drug-likeness (QED) is 0.910. The summed E-state index contributed by atoms with van der Waals surface area (Å²) >= 11 is 0. The smallest absolute Gasteiger partial charge is 0.229 e. The molecule has 0 amide bonds. The molecule has 1 aromatic heterocycles. The molecule has 1 saturated heterocycles. The lowest BCUT2D eigenvalue weighted by Gasteiger charge is -2.17. The minimum absolute atomic E-state index is 0.736. The Kier molecular flexibility index (Phi) is 3.49. The number of fused-ring (bicyclic) bond motifs is 1. The highest BCUT2D eigenvalue weighted by atomic mass is 15.2. The third-order valence-electron chi connectivity index (χ3n) is 3.59. The molecule has 4 heteroatoms. The van der Waals surface area contributed by atoms with Gasteiger partial charge in [0.1, 0.15) is 5.84 Å². The van der Waals surface area contributed by atoms with Crippen LogP contribution in [0.3, 0.4) is 0 Å². The van der Waals surface area contributed by atoms with Crippen LogP contribution in [-0.2, 0) is 0 Å². The van der Waals surface area contributed by atoms with Crippen LogP contribution in [0.4, 0.5) is 5.95 Å². The lowest BCUT2D eigenvalue weighted by molar-refractivity contribution is 0.439. The Bertz CT molecular complexity index is 552. The Balaban J connectivity index is 1.83. The second kappa shape index (κ2) is 5.43. The number of likely N-dealkylation sites (tertiary alicyclic amines) is 1. The number of H-pyrrole nitrogens is 1. The highest BCUT2D eigenvalue weighted by molar-refractivity contribution is 5.87. The van der Waals surface area contributed by atoms with Crippen molar-refractivity contribution >= 4 is 22.8 Å². The van der Waals surface area contributed by atoms with E-state index >= 15 is 0 Å². The summed E-state index contributed by atoms with van der Waals surface area (Å²) in [5, 5.41) is 0. The number of unbranched alkanes of at least 4 members (excludes halogenated alkanes) is 1. The third kappa shape index (κ3) is 2.62. The first-order valence-corrected chi connectivity index (χ1v) is 7.14. The van der Waals surface area contributed by atoms with Crippen LogP contribution in [0.15, 0.2) is 29.3 Å². The minimum Gasteiger partial charge on any atom is -0.360 e. The molecule has 100 valence electrons. The second-order valence-corrected chi connectivity index (χ2v) is 5.05. The van der Waals surface area contributed by atoms with Crippen LogP contribution in [-0.4, -0.2) is 33.8 Å². The second-order valence-electron chi connectivity index (χ2n) is 5.05. The van der Waals surface area contributed by atoms with Gasteiger partial charge in [-0.3, -0.25) is 0 Å². The summed E-state index contributed by atoms with van der Waals surface area (Å²) in [7, 11) is 0. The van der Waals surface area contributed by atoms with Gasteiger partial charge >= 0.3 is 0 Å². The van der Waals surface area contributed by atoms with E-state index in [1.807, 2.05) is 24.3 Å². The molecule has 0 aliphatic carbocycles. The first kappa shape index (κ1) is 12.2. The van der Waals surface area contributed by atoms with Crippen molar-refractivity contribution in [2.75, 3.05) is 13.1 Å². The monoisotopic (exact) mass is 256 g/mol. The molecule has 3 rings (SSSR count). The van der Waals surface area contributed by atoms with Crippen LogP contribution in [0, 0.1) is 0 Å². The van der Waals surface area contributed by atoms with E-state index in [1.54, 1.807) is 0 Å². The molecule has 2 aromatic rings.